The van der Waals surface area contributed by atoms with Crippen LogP contribution in [-0.2, 0) is 0 Å². The first-order valence-corrected chi connectivity index (χ1v) is 12.7. The predicted molar refractivity (Wildman–Crippen MR) is 135 cm³/mol. The van der Waals surface area contributed by atoms with Gasteiger partial charge in [-0.3, -0.25) is 9.69 Å². The standard InChI is InChI=1S/C24H19Cl2N5O4S/c25-14-5-6-15(16(26)13-14)19(29-7-9-30(10-8-29)22(32)18-4-2-12-35-18)20-23(33)31-24(36-20)27-21(28-31)17-3-1-11-34-17/h1-6,11-13,19,33H,7-10H2/t19-/m1/s1. The monoisotopic (exact) mass is 543 g/mol. The van der Waals surface area contributed by atoms with Gasteiger partial charge in [0.1, 0.15) is 0 Å². The summed E-state index contributed by atoms with van der Waals surface area (Å²) < 4.78 is 12.1. The molecule has 5 heterocycles. The van der Waals surface area contributed by atoms with Crippen LogP contribution in [0.4, 0.5) is 0 Å². The number of thiazole rings is 1. The highest BCUT2D eigenvalue weighted by atomic mass is 35.5. The first-order chi connectivity index (χ1) is 17.5. The molecule has 1 N–H and O–H groups in total. The van der Waals surface area contributed by atoms with Gasteiger partial charge >= 0.3 is 0 Å². The molecule has 0 bridgehead atoms. The summed E-state index contributed by atoms with van der Waals surface area (Å²) in [6, 6.07) is 11.8. The van der Waals surface area contributed by atoms with Gasteiger partial charge in [0.2, 0.25) is 16.7 Å². The topological polar surface area (TPSA) is 100 Å². The van der Waals surface area contributed by atoms with Gasteiger partial charge in [0.05, 0.1) is 23.4 Å². The number of carbonyl (C=O) groups is 1. The van der Waals surface area contributed by atoms with E-state index in [1.807, 2.05) is 6.07 Å². The van der Waals surface area contributed by atoms with Crippen molar-refractivity contribution in [3.63, 3.8) is 0 Å². The molecule has 5 aromatic rings. The Bertz CT molecular complexity index is 1520. The fraction of sp³-hybridized carbons (Fsp3) is 0.208. The van der Waals surface area contributed by atoms with E-state index in [0.717, 1.165) is 5.56 Å². The van der Waals surface area contributed by atoms with Crippen LogP contribution < -0.4 is 0 Å². The number of fused-ring (bicyclic) bond motifs is 1. The number of aromatic hydroxyl groups is 1. The number of furan rings is 2. The lowest BCUT2D eigenvalue weighted by atomic mass is 10.0. The van der Waals surface area contributed by atoms with Crippen LogP contribution in [0.1, 0.15) is 27.0 Å². The molecule has 4 aromatic heterocycles. The second-order valence-electron chi connectivity index (χ2n) is 8.27. The summed E-state index contributed by atoms with van der Waals surface area (Å²) in [4.78, 5) is 22.4. The molecule has 1 fully saturated rings. The molecule has 36 heavy (non-hydrogen) atoms. The molecule has 1 saturated heterocycles. The summed E-state index contributed by atoms with van der Waals surface area (Å²) in [6.45, 7) is 2.10. The fourth-order valence-corrected chi connectivity index (χ4v) is 6.02. The van der Waals surface area contributed by atoms with Gasteiger partial charge in [-0.25, -0.2) is 0 Å². The maximum Gasteiger partial charge on any atom is 0.289 e. The number of hydrogen-bond donors (Lipinski definition) is 1. The zero-order valence-electron chi connectivity index (χ0n) is 18.7. The highest BCUT2D eigenvalue weighted by molar-refractivity contribution is 7.17. The lowest BCUT2D eigenvalue weighted by Crippen LogP contribution is -2.49. The largest absolute Gasteiger partial charge is 0.492 e. The molecule has 12 heteroatoms. The van der Waals surface area contributed by atoms with Crippen LogP contribution in [0.2, 0.25) is 10.0 Å². The number of hydrogen-bond acceptors (Lipinski definition) is 8. The van der Waals surface area contributed by atoms with E-state index in [1.54, 1.807) is 47.6 Å². The number of amides is 1. The van der Waals surface area contributed by atoms with E-state index in [9.17, 15) is 9.90 Å². The minimum atomic E-state index is -0.392. The molecule has 0 spiro atoms. The summed E-state index contributed by atoms with van der Waals surface area (Å²) in [5.41, 5.74) is 0.790. The lowest BCUT2D eigenvalue weighted by molar-refractivity contribution is 0.0568. The number of nitrogens with zero attached hydrogens (tertiary/aromatic N) is 5. The van der Waals surface area contributed by atoms with Crippen LogP contribution in [0, 0.1) is 0 Å². The summed E-state index contributed by atoms with van der Waals surface area (Å²) in [6.07, 6.45) is 3.04. The van der Waals surface area contributed by atoms with Crippen LogP contribution in [0.25, 0.3) is 16.5 Å². The highest BCUT2D eigenvalue weighted by Gasteiger charge is 2.34. The fourth-order valence-electron chi connectivity index (χ4n) is 4.40. The van der Waals surface area contributed by atoms with Gasteiger partial charge in [0.25, 0.3) is 5.91 Å². The molecule has 9 nitrogen and oxygen atoms in total. The Kier molecular flexibility index (Phi) is 5.96. The second-order valence-corrected chi connectivity index (χ2v) is 10.1. The smallest absolute Gasteiger partial charge is 0.289 e. The van der Waals surface area contributed by atoms with Crippen molar-refractivity contribution in [2.45, 2.75) is 6.04 Å². The minimum Gasteiger partial charge on any atom is -0.492 e. The zero-order chi connectivity index (χ0) is 24.8. The Labute approximate surface area is 219 Å². The summed E-state index contributed by atoms with van der Waals surface area (Å²) in [5, 5.41) is 16.7. The number of rotatable bonds is 5. The first kappa shape index (κ1) is 23.1. The van der Waals surface area contributed by atoms with Crippen LogP contribution in [0.5, 0.6) is 5.88 Å². The van der Waals surface area contributed by atoms with Crippen molar-refractivity contribution in [3.8, 4) is 17.5 Å². The van der Waals surface area contributed by atoms with E-state index in [4.69, 9.17) is 32.0 Å². The Morgan fingerprint density at radius 2 is 1.83 bits per heavy atom. The van der Waals surface area contributed by atoms with Crippen molar-refractivity contribution in [1.82, 2.24) is 24.4 Å². The molecule has 184 valence electrons. The number of halogens is 2. The first-order valence-electron chi connectivity index (χ1n) is 11.1. The van der Waals surface area contributed by atoms with Crippen LogP contribution in [-0.4, -0.2) is 61.6 Å². The average Bonchev–Trinajstić information content (AvgIpc) is 3.68. The van der Waals surface area contributed by atoms with E-state index in [0.29, 0.717) is 63.4 Å². The third-order valence-electron chi connectivity index (χ3n) is 6.15. The molecule has 0 unspecified atom stereocenters. The normalized spacial score (nSPS) is 15.6. The minimum absolute atomic E-state index is 0.0228. The van der Waals surface area contributed by atoms with Gasteiger partial charge in [-0.05, 0) is 42.0 Å². The number of benzene rings is 1. The van der Waals surface area contributed by atoms with E-state index in [-0.39, 0.29) is 11.8 Å². The van der Waals surface area contributed by atoms with Gasteiger partial charge in [0, 0.05) is 36.2 Å². The molecule has 1 amide bonds. The molecule has 0 radical (unpaired) electrons. The molecule has 1 aliphatic rings. The van der Waals surface area contributed by atoms with E-state index in [2.05, 4.69) is 15.0 Å². The Balaban J connectivity index is 1.35. The van der Waals surface area contributed by atoms with Crippen molar-refractivity contribution < 1.29 is 18.7 Å². The van der Waals surface area contributed by atoms with Gasteiger partial charge < -0.3 is 18.8 Å². The molecule has 1 atom stereocenters. The maximum atomic E-state index is 12.7. The molecule has 1 aliphatic heterocycles. The van der Waals surface area contributed by atoms with Gasteiger partial charge in [-0.2, -0.15) is 9.50 Å². The highest BCUT2D eigenvalue weighted by Crippen LogP contribution is 2.43. The van der Waals surface area contributed by atoms with Crippen molar-refractivity contribution in [1.29, 1.82) is 0 Å². The SMILES string of the molecule is O=C(c1ccco1)N1CCN([C@H](c2ccc(Cl)cc2Cl)c2sc3nc(-c4ccco4)nn3c2O)CC1. The van der Waals surface area contributed by atoms with E-state index in [1.165, 1.54) is 22.1 Å². The molecule has 6 rings (SSSR count). The molecular weight excluding hydrogens is 525 g/mol. The summed E-state index contributed by atoms with van der Waals surface area (Å²) in [7, 11) is 0. The third-order valence-corrected chi connectivity index (χ3v) is 7.78. The van der Waals surface area contributed by atoms with Crippen molar-refractivity contribution in [2.75, 3.05) is 26.2 Å². The van der Waals surface area contributed by atoms with Gasteiger partial charge in [-0.1, -0.05) is 40.6 Å². The lowest BCUT2D eigenvalue weighted by Gasteiger charge is -2.39. The second kappa shape index (κ2) is 9.29. The average molecular weight is 544 g/mol. The molecule has 1 aromatic carbocycles. The number of aromatic nitrogens is 3. The molecule has 0 aliphatic carbocycles. The third kappa shape index (κ3) is 4.05. The van der Waals surface area contributed by atoms with Crippen molar-refractivity contribution in [3.05, 3.63) is 81.2 Å². The Morgan fingerprint density at radius 1 is 1.06 bits per heavy atom. The Morgan fingerprint density at radius 3 is 2.50 bits per heavy atom. The van der Waals surface area contributed by atoms with Gasteiger partial charge in [0.15, 0.2) is 11.5 Å². The number of carbonyl (C=O) groups excluding carboxylic acids is 1. The van der Waals surface area contributed by atoms with Crippen LogP contribution in [0.3, 0.4) is 0 Å². The van der Waals surface area contributed by atoms with Crippen molar-refractivity contribution >= 4 is 45.4 Å². The summed E-state index contributed by atoms with van der Waals surface area (Å²) in [5.74, 6) is 1.05. The quantitative estimate of drug-likeness (QED) is 0.325. The van der Waals surface area contributed by atoms with Crippen LogP contribution >= 0.6 is 34.5 Å². The number of piperazine rings is 1. The van der Waals surface area contributed by atoms with Gasteiger partial charge in [-0.15, -0.1) is 5.10 Å². The maximum absolute atomic E-state index is 12.7. The van der Waals surface area contributed by atoms with Crippen LogP contribution in [0.15, 0.2) is 63.8 Å². The van der Waals surface area contributed by atoms with E-state index >= 15 is 0 Å². The van der Waals surface area contributed by atoms with E-state index < -0.39 is 6.04 Å². The predicted octanol–water partition coefficient (Wildman–Crippen LogP) is 5.20. The summed E-state index contributed by atoms with van der Waals surface area (Å²) >= 11 is 14.1. The van der Waals surface area contributed by atoms with Crippen molar-refractivity contribution in [2.24, 2.45) is 0 Å². The Hall–Kier alpha value is -3.31. The molecular formula is C24H19Cl2N5O4S. The zero-order valence-corrected chi connectivity index (χ0v) is 21.0. The molecule has 0 saturated carbocycles.